The van der Waals surface area contributed by atoms with Crippen LogP contribution >= 0.6 is 0 Å². The molecule has 0 spiro atoms. The zero-order valence-electron chi connectivity index (χ0n) is 6.27. The van der Waals surface area contributed by atoms with E-state index < -0.39 is 0 Å². The van der Waals surface area contributed by atoms with Crippen molar-refractivity contribution >= 4 is 6.41 Å². The molecule has 0 unspecified atom stereocenters. The second-order valence-electron chi connectivity index (χ2n) is 2.19. The van der Waals surface area contributed by atoms with Gasteiger partial charge in [-0.3, -0.25) is 4.79 Å². The summed E-state index contributed by atoms with van der Waals surface area (Å²) in [5.74, 6) is 0.655. The van der Waals surface area contributed by atoms with Gasteiger partial charge in [-0.25, -0.2) is 9.97 Å². The molecule has 0 aliphatic carbocycles. The second kappa shape index (κ2) is 3.65. The highest BCUT2D eigenvalue weighted by Gasteiger charge is 1.96. The van der Waals surface area contributed by atoms with Crippen molar-refractivity contribution in [1.29, 1.82) is 0 Å². The lowest BCUT2D eigenvalue weighted by atomic mass is 10.5. The van der Waals surface area contributed by atoms with Gasteiger partial charge in [0.15, 0.2) is 0 Å². The van der Waals surface area contributed by atoms with Crippen LogP contribution in [-0.4, -0.2) is 28.3 Å². The molecule has 0 aliphatic heterocycles. The summed E-state index contributed by atoms with van der Waals surface area (Å²) in [6, 6.07) is 1.74. The first-order chi connectivity index (χ1) is 5.33. The Bertz CT molecular complexity index is 224. The van der Waals surface area contributed by atoms with E-state index in [1.807, 2.05) is 0 Å². The minimum Gasteiger partial charge on any atom is -0.341 e. The molecular formula is C7H9N3O. The van der Waals surface area contributed by atoms with E-state index in [0.29, 0.717) is 12.4 Å². The third-order valence-corrected chi connectivity index (χ3v) is 1.19. The van der Waals surface area contributed by atoms with E-state index in [4.69, 9.17) is 0 Å². The smallest absolute Gasteiger partial charge is 0.209 e. The monoisotopic (exact) mass is 151 g/mol. The van der Waals surface area contributed by atoms with Crippen LogP contribution in [0.2, 0.25) is 0 Å². The Labute approximate surface area is 64.9 Å². The topological polar surface area (TPSA) is 46.1 Å². The van der Waals surface area contributed by atoms with Gasteiger partial charge in [-0.05, 0) is 6.07 Å². The van der Waals surface area contributed by atoms with E-state index >= 15 is 0 Å². The fraction of sp³-hybridized carbons (Fsp3) is 0.286. The maximum Gasteiger partial charge on any atom is 0.209 e. The zero-order chi connectivity index (χ0) is 8.10. The molecule has 58 valence electrons. The Morgan fingerprint density at radius 1 is 1.55 bits per heavy atom. The lowest BCUT2D eigenvalue weighted by molar-refractivity contribution is -0.117. The summed E-state index contributed by atoms with van der Waals surface area (Å²) in [6.45, 7) is 0.463. The largest absolute Gasteiger partial charge is 0.341 e. The predicted octanol–water partition coefficient (Wildman–Crippen LogP) is 0.0648. The first kappa shape index (κ1) is 7.65. The van der Waals surface area contributed by atoms with Gasteiger partial charge < -0.3 is 4.90 Å². The van der Waals surface area contributed by atoms with Gasteiger partial charge >= 0.3 is 0 Å². The fourth-order valence-electron chi connectivity index (χ4n) is 0.672. The summed E-state index contributed by atoms with van der Waals surface area (Å²) in [5, 5.41) is 0. The number of hydrogen-bond donors (Lipinski definition) is 0. The number of carbonyl (C=O) groups excluding carboxylic acids is 1. The predicted molar refractivity (Wildman–Crippen MR) is 39.6 cm³/mol. The van der Waals surface area contributed by atoms with E-state index in [-0.39, 0.29) is 0 Å². The fourth-order valence-corrected chi connectivity index (χ4v) is 0.672. The van der Waals surface area contributed by atoms with Crippen molar-refractivity contribution in [3.8, 4) is 0 Å². The number of amides is 1. The summed E-state index contributed by atoms with van der Waals surface area (Å²) >= 11 is 0. The second-order valence-corrected chi connectivity index (χ2v) is 2.19. The van der Waals surface area contributed by atoms with Gasteiger partial charge in [-0.1, -0.05) is 0 Å². The van der Waals surface area contributed by atoms with Gasteiger partial charge in [0.1, 0.15) is 5.82 Å². The van der Waals surface area contributed by atoms with Gasteiger partial charge in [0.05, 0.1) is 6.54 Å². The zero-order valence-corrected chi connectivity index (χ0v) is 6.27. The molecule has 0 atom stereocenters. The van der Waals surface area contributed by atoms with E-state index in [0.717, 1.165) is 6.41 Å². The molecule has 0 fully saturated rings. The molecule has 1 heterocycles. The van der Waals surface area contributed by atoms with E-state index in [9.17, 15) is 4.79 Å². The lowest BCUT2D eigenvalue weighted by Crippen LogP contribution is -2.16. The molecule has 1 aromatic heterocycles. The molecule has 0 N–H and O–H groups in total. The molecule has 0 saturated heterocycles. The van der Waals surface area contributed by atoms with E-state index in [1.165, 1.54) is 4.90 Å². The van der Waals surface area contributed by atoms with Crippen LogP contribution in [0.25, 0.3) is 0 Å². The Hall–Kier alpha value is -1.45. The molecule has 1 amide bonds. The van der Waals surface area contributed by atoms with Crippen molar-refractivity contribution in [2.75, 3.05) is 7.05 Å². The maximum atomic E-state index is 10.2. The maximum absolute atomic E-state index is 10.2. The van der Waals surface area contributed by atoms with Gasteiger partial charge in [0, 0.05) is 19.4 Å². The SMILES string of the molecule is CN(C=O)Cc1ncccn1. The molecule has 11 heavy (non-hydrogen) atoms. The van der Waals surface area contributed by atoms with Crippen molar-refractivity contribution < 1.29 is 4.79 Å². The normalized spacial score (nSPS) is 9.18. The van der Waals surface area contributed by atoms with Crippen LogP contribution in [0.1, 0.15) is 5.82 Å². The number of rotatable bonds is 3. The highest BCUT2D eigenvalue weighted by Crippen LogP contribution is 1.90. The van der Waals surface area contributed by atoms with Crippen molar-refractivity contribution in [1.82, 2.24) is 14.9 Å². The summed E-state index contributed by atoms with van der Waals surface area (Å²) in [5.41, 5.74) is 0. The standard InChI is InChI=1S/C7H9N3O/c1-10(6-11)5-7-8-3-2-4-9-7/h2-4,6H,5H2,1H3. The average Bonchev–Trinajstić information content (AvgIpc) is 2.06. The molecule has 1 aromatic rings. The quantitative estimate of drug-likeness (QED) is 0.574. The Kier molecular flexibility index (Phi) is 2.54. The third kappa shape index (κ3) is 2.33. The molecule has 0 saturated carbocycles. The van der Waals surface area contributed by atoms with Crippen molar-refractivity contribution in [2.24, 2.45) is 0 Å². The van der Waals surface area contributed by atoms with Crippen LogP contribution in [0.5, 0.6) is 0 Å². The van der Waals surface area contributed by atoms with Crippen LogP contribution in [0, 0.1) is 0 Å². The molecule has 0 bridgehead atoms. The highest BCUT2D eigenvalue weighted by molar-refractivity contribution is 5.46. The molecule has 1 rings (SSSR count). The van der Waals surface area contributed by atoms with Gasteiger partial charge in [0.2, 0.25) is 6.41 Å². The molecular weight excluding hydrogens is 142 g/mol. The van der Waals surface area contributed by atoms with Gasteiger partial charge in [0.25, 0.3) is 0 Å². The number of aromatic nitrogens is 2. The van der Waals surface area contributed by atoms with Crippen molar-refractivity contribution in [2.45, 2.75) is 6.54 Å². The Balaban J connectivity index is 2.57. The van der Waals surface area contributed by atoms with Crippen LogP contribution in [0.15, 0.2) is 18.5 Å². The highest BCUT2D eigenvalue weighted by atomic mass is 16.1. The minimum absolute atomic E-state index is 0.463. The Morgan fingerprint density at radius 3 is 2.73 bits per heavy atom. The first-order valence-electron chi connectivity index (χ1n) is 3.24. The van der Waals surface area contributed by atoms with Crippen LogP contribution in [-0.2, 0) is 11.3 Å². The molecule has 4 nitrogen and oxygen atoms in total. The summed E-state index contributed by atoms with van der Waals surface area (Å²) in [4.78, 5) is 19.6. The summed E-state index contributed by atoms with van der Waals surface area (Å²) < 4.78 is 0. The first-order valence-corrected chi connectivity index (χ1v) is 3.24. The molecule has 4 heteroatoms. The lowest BCUT2D eigenvalue weighted by Gasteiger charge is -2.07. The van der Waals surface area contributed by atoms with E-state index in [1.54, 1.807) is 25.5 Å². The molecule has 0 aromatic carbocycles. The summed E-state index contributed by atoms with van der Waals surface area (Å²) in [7, 11) is 1.68. The Morgan fingerprint density at radius 2 is 2.18 bits per heavy atom. The van der Waals surface area contributed by atoms with Crippen LogP contribution < -0.4 is 0 Å². The van der Waals surface area contributed by atoms with E-state index in [2.05, 4.69) is 9.97 Å². The number of hydrogen-bond acceptors (Lipinski definition) is 3. The van der Waals surface area contributed by atoms with Gasteiger partial charge in [-0.2, -0.15) is 0 Å². The number of nitrogens with zero attached hydrogens (tertiary/aromatic N) is 3. The summed E-state index contributed by atoms with van der Waals surface area (Å²) in [6.07, 6.45) is 4.05. The van der Waals surface area contributed by atoms with Crippen molar-refractivity contribution in [3.05, 3.63) is 24.3 Å². The van der Waals surface area contributed by atoms with Gasteiger partial charge in [-0.15, -0.1) is 0 Å². The molecule has 0 aliphatic rings. The van der Waals surface area contributed by atoms with Crippen LogP contribution in [0.3, 0.4) is 0 Å². The minimum atomic E-state index is 0.463. The number of carbonyl (C=O) groups is 1. The van der Waals surface area contributed by atoms with Crippen LogP contribution in [0.4, 0.5) is 0 Å². The third-order valence-electron chi connectivity index (χ3n) is 1.19. The van der Waals surface area contributed by atoms with Crippen molar-refractivity contribution in [3.63, 3.8) is 0 Å². The molecule has 0 radical (unpaired) electrons. The average molecular weight is 151 g/mol.